The Morgan fingerprint density at radius 1 is 0.762 bits per heavy atom. The van der Waals surface area contributed by atoms with Crippen LogP contribution in [0.3, 0.4) is 0 Å². The fourth-order valence-electron chi connectivity index (χ4n) is 2.10. The molecule has 2 N–H and O–H groups in total. The van der Waals surface area contributed by atoms with E-state index in [1.54, 1.807) is 19.5 Å². The summed E-state index contributed by atoms with van der Waals surface area (Å²) in [5.41, 5.74) is 9.66. The molecule has 21 heavy (non-hydrogen) atoms. The van der Waals surface area contributed by atoms with E-state index < -0.39 is 0 Å². The minimum atomic E-state index is 0.425. The molecule has 0 saturated heterocycles. The first-order valence-corrected chi connectivity index (χ1v) is 6.58. The fourth-order valence-corrected chi connectivity index (χ4v) is 2.10. The summed E-state index contributed by atoms with van der Waals surface area (Å²) >= 11 is 0. The predicted octanol–water partition coefficient (Wildman–Crippen LogP) is 3.40. The summed E-state index contributed by atoms with van der Waals surface area (Å²) in [5.74, 6) is 1.28. The third-order valence-electron chi connectivity index (χ3n) is 3.28. The molecule has 0 atom stereocenters. The Bertz CT molecular complexity index is 719. The quantitative estimate of drug-likeness (QED) is 0.797. The van der Waals surface area contributed by atoms with Crippen LogP contribution in [0.15, 0.2) is 60.9 Å². The van der Waals surface area contributed by atoms with Gasteiger partial charge in [0.05, 0.1) is 25.2 Å². The number of hydrogen-bond acceptors (Lipinski definition) is 4. The molecule has 3 aromatic rings. The Morgan fingerprint density at radius 2 is 1.33 bits per heavy atom. The first-order valence-electron chi connectivity index (χ1n) is 6.58. The van der Waals surface area contributed by atoms with E-state index in [1.165, 1.54) is 0 Å². The Kier molecular flexibility index (Phi) is 3.51. The van der Waals surface area contributed by atoms with E-state index >= 15 is 0 Å². The molecule has 0 saturated carbocycles. The average molecular weight is 277 g/mol. The minimum absolute atomic E-state index is 0.425. The summed E-state index contributed by atoms with van der Waals surface area (Å²) in [6, 6.07) is 16.2. The van der Waals surface area contributed by atoms with Crippen molar-refractivity contribution in [2.75, 3.05) is 12.8 Å². The number of methoxy groups -OCH3 is 1. The van der Waals surface area contributed by atoms with Gasteiger partial charge in [0.1, 0.15) is 11.6 Å². The fraction of sp³-hybridized carbons (Fsp3) is 0.0588. The first-order chi connectivity index (χ1) is 10.3. The molecule has 0 bridgehead atoms. The van der Waals surface area contributed by atoms with Crippen LogP contribution in [0.1, 0.15) is 0 Å². The molecular formula is C17H15N3O. The summed E-state index contributed by atoms with van der Waals surface area (Å²) in [7, 11) is 1.66. The van der Waals surface area contributed by atoms with Crippen molar-refractivity contribution in [2.45, 2.75) is 0 Å². The first kappa shape index (κ1) is 13.1. The number of aromatic nitrogens is 2. The van der Waals surface area contributed by atoms with Crippen LogP contribution in [0.4, 0.5) is 5.82 Å². The van der Waals surface area contributed by atoms with Crippen LogP contribution in [0.2, 0.25) is 0 Å². The monoisotopic (exact) mass is 277 g/mol. The standard InChI is InChI=1S/C17H15N3O/c1-21-15-8-6-13(7-9-15)12-2-4-14(5-3-12)16-10-20-17(18)11-19-16/h2-11H,1H3,(H2,18,20). The van der Waals surface area contributed by atoms with E-state index in [1.807, 2.05) is 36.4 Å². The highest BCUT2D eigenvalue weighted by molar-refractivity contribution is 5.69. The molecule has 4 nitrogen and oxygen atoms in total. The van der Waals surface area contributed by atoms with Gasteiger partial charge in [0.15, 0.2) is 0 Å². The van der Waals surface area contributed by atoms with Crippen LogP contribution in [0.5, 0.6) is 5.75 Å². The van der Waals surface area contributed by atoms with Crippen LogP contribution >= 0.6 is 0 Å². The summed E-state index contributed by atoms with van der Waals surface area (Å²) in [4.78, 5) is 8.33. The molecule has 0 amide bonds. The minimum Gasteiger partial charge on any atom is -0.497 e. The van der Waals surface area contributed by atoms with Gasteiger partial charge in [-0.3, -0.25) is 4.98 Å². The molecule has 2 aromatic carbocycles. The highest BCUT2D eigenvalue weighted by Crippen LogP contribution is 2.25. The summed E-state index contributed by atoms with van der Waals surface area (Å²) in [5, 5.41) is 0. The Morgan fingerprint density at radius 3 is 1.86 bits per heavy atom. The van der Waals surface area contributed by atoms with Gasteiger partial charge in [0, 0.05) is 5.56 Å². The number of rotatable bonds is 3. The van der Waals surface area contributed by atoms with E-state index in [4.69, 9.17) is 10.5 Å². The Labute approximate surface area is 123 Å². The highest BCUT2D eigenvalue weighted by atomic mass is 16.5. The van der Waals surface area contributed by atoms with Gasteiger partial charge in [0.2, 0.25) is 0 Å². The van der Waals surface area contributed by atoms with Gasteiger partial charge in [0.25, 0.3) is 0 Å². The number of hydrogen-bond donors (Lipinski definition) is 1. The van der Waals surface area contributed by atoms with Gasteiger partial charge in [-0.2, -0.15) is 0 Å². The van der Waals surface area contributed by atoms with Crippen LogP contribution in [-0.2, 0) is 0 Å². The second kappa shape index (κ2) is 5.63. The highest BCUT2D eigenvalue weighted by Gasteiger charge is 2.02. The van der Waals surface area contributed by atoms with Gasteiger partial charge < -0.3 is 10.5 Å². The van der Waals surface area contributed by atoms with Crippen molar-refractivity contribution in [1.29, 1.82) is 0 Å². The third-order valence-corrected chi connectivity index (χ3v) is 3.28. The molecule has 1 heterocycles. The van der Waals surface area contributed by atoms with Crippen LogP contribution in [0.25, 0.3) is 22.4 Å². The molecule has 3 rings (SSSR count). The van der Waals surface area contributed by atoms with Gasteiger partial charge in [-0.25, -0.2) is 4.98 Å². The maximum absolute atomic E-state index is 5.54. The van der Waals surface area contributed by atoms with E-state index in [0.29, 0.717) is 5.82 Å². The Hall–Kier alpha value is -2.88. The maximum atomic E-state index is 5.54. The van der Waals surface area contributed by atoms with Crippen molar-refractivity contribution in [3.8, 4) is 28.1 Å². The topological polar surface area (TPSA) is 61.0 Å². The lowest BCUT2D eigenvalue weighted by Crippen LogP contribution is -1.92. The average Bonchev–Trinajstić information content (AvgIpc) is 2.56. The van der Waals surface area contributed by atoms with E-state index in [2.05, 4.69) is 22.1 Å². The third kappa shape index (κ3) is 2.84. The zero-order chi connectivity index (χ0) is 14.7. The molecule has 4 heteroatoms. The molecule has 0 radical (unpaired) electrons. The van der Waals surface area contributed by atoms with Gasteiger partial charge in [-0.1, -0.05) is 36.4 Å². The molecule has 0 fully saturated rings. The summed E-state index contributed by atoms with van der Waals surface area (Å²) in [6.45, 7) is 0. The zero-order valence-electron chi connectivity index (χ0n) is 11.7. The molecule has 0 aliphatic heterocycles. The second-order valence-corrected chi connectivity index (χ2v) is 4.63. The van der Waals surface area contributed by atoms with Crippen LogP contribution in [0, 0.1) is 0 Å². The van der Waals surface area contributed by atoms with E-state index in [0.717, 1.165) is 28.1 Å². The smallest absolute Gasteiger partial charge is 0.141 e. The number of nitrogens with zero attached hydrogens (tertiary/aromatic N) is 2. The van der Waals surface area contributed by atoms with Crippen molar-refractivity contribution in [3.05, 3.63) is 60.9 Å². The number of nitrogen functional groups attached to an aromatic ring is 1. The number of nitrogens with two attached hydrogens (primary N) is 1. The van der Waals surface area contributed by atoms with Crippen LogP contribution in [-0.4, -0.2) is 17.1 Å². The summed E-state index contributed by atoms with van der Waals surface area (Å²) < 4.78 is 5.17. The normalized spacial score (nSPS) is 10.3. The van der Waals surface area contributed by atoms with Crippen molar-refractivity contribution in [1.82, 2.24) is 9.97 Å². The van der Waals surface area contributed by atoms with Gasteiger partial charge >= 0.3 is 0 Å². The van der Waals surface area contributed by atoms with E-state index in [9.17, 15) is 0 Å². The summed E-state index contributed by atoms with van der Waals surface area (Å²) in [6.07, 6.45) is 3.24. The van der Waals surface area contributed by atoms with Gasteiger partial charge in [-0.05, 0) is 23.3 Å². The number of anilines is 1. The number of ether oxygens (including phenoxy) is 1. The Balaban J connectivity index is 1.87. The lowest BCUT2D eigenvalue weighted by Gasteiger charge is -2.05. The zero-order valence-corrected chi connectivity index (χ0v) is 11.7. The SMILES string of the molecule is COc1ccc(-c2ccc(-c3cnc(N)cn3)cc2)cc1. The molecular weight excluding hydrogens is 262 g/mol. The van der Waals surface area contributed by atoms with Crippen molar-refractivity contribution in [3.63, 3.8) is 0 Å². The van der Waals surface area contributed by atoms with Crippen molar-refractivity contribution < 1.29 is 4.74 Å². The molecule has 0 spiro atoms. The largest absolute Gasteiger partial charge is 0.497 e. The van der Waals surface area contributed by atoms with Crippen molar-refractivity contribution >= 4 is 5.82 Å². The predicted molar refractivity (Wildman–Crippen MR) is 83.9 cm³/mol. The molecule has 0 aliphatic carbocycles. The second-order valence-electron chi connectivity index (χ2n) is 4.63. The number of benzene rings is 2. The van der Waals surface area contributed by atoms with Crippen molar-refractivity contribution in [2.24, 2.45) is 0 Å². The molecule has 104 valence electrons. The lowest BCUT2D eigenvalue weighted by molar-refractivity contribution is 0.415. The lowest BCUT2D eigenvalue weighted by atomic mass is 10.0. The maximum Gasteiger partial charge on any atom is 0.141 e. The van der Waals surface area contributed by atoms with Gasteiger partial charge in [-0.15, -0.1) is 0 Å². The molecule has 1 aromatic heterocycles. The molecule has 0 aliphatic rings. The van der Waals surface area contributed by atoms with Crippen LogP contribution < -0.4 is 10.5 Å². The van der Waals surface area contributed by atoms with E-state index in [-0.39, 0.29) is 0 Å². The molecule has 0 unspecified atom stereocenters.